The first-order chi connectivity index (χ1) is 23.8. The Hall–Kier alpha value is -6.25. The lowest BCUT2D eigenvalue weighted by Gasteiger charge is -2.23. The van der Waals surface area contributed by atoms with Crippen LogP contribution in [0.3, 0.4) is 0 Å². The van der Waals surface area contributed by atoms with Gasteiger partial charge >= 0.3 is 0 Å². The highest BCUT2D eigenvalue weighted by molar-refractivity contribution is 6.22. The molecule has 2 atom stereocenters. The van der Waals surface area contributed by atoms with Crippen LogP contribution in [0, 0.1) is 11.8 Å². The first-order valence-electron chi connectivity index (χ1n) is 15.9. The maximum Gasteiger partial charge on any atom is 0.280 e. The zero-order valence-corrected chi connectivity index (χ0v) is 27.7. The van der Waals surface area contributed by atoms with E-state index in [0.29, 0.717) is 10.0 Å². The van der Waals surface area contributed by atoms with Crippen LogP contribution in [0.4, 0.5) is 0 Å². The van der Waals surface area contributed by atoms with Crippen molar-refractivity contribution in [2.75, 3.05) is 0 Å². The molecule has 3 aromatic rings. The quantitative estimate of drug-likeness (QED) is 0.206. The van der Waals surface area contributed by atoms with Gasteiger partial charge in [-0.2, -0.15) is 10.0 Å². The third-order valence-electron chi connectivity index (χ3n) is 7.90. The predicted molar refractivity (Wildman–Crippen MR) is 176 cm³/mol. The van der Waals surface area contributed by atoms with E-state index in [1.165, 1.54) is 42.5 Å². The van der Waals surface area contributed by atoms with Gasteiger partial charge < -0.3 is 10.6 Å². The summed E-state index contributed by atoms with van der Waals surface area (Å²) in [6.45, 7) is 7.26. The topological polar surface area (TPSA) is 204 Å². The van der Waals surface area contributed by atoms with Crippen LogP contribution in [0.5, 0.6) is 0 Å². The van der Waals surface area contributed by atoms with Gasteiger partial charge in [-0.15, -0.1) is 0 Å². The zero-order valence-electron chi connectivity index (χ0n) is 27.7. The molecule has 0 unspecified atom stereocenters. The molecule has 0 aliphatic carbocycles. The Bertz CT molecular complexity index is 1720. The number of hydrogen-bond donors (Lipinski definition) is 4. The lowest BCUT2D eigenvalue weighted by molar-refractivity contribution is -0.127. The molecule has 5 rings (SSSR count). The molecule has 50 heavy (non-hydrogen) atoms. The van der Waals surface area contributed by atoms with E-state index in [0.717, 1.165) is 0 Å². The second-order valence-electron chi connectivity index (χ2n) is 12.7. The van der Waals surface area contributed by atoms with Crippen molar-refractivity contribution in [2.24, 2.45) is 11.8 Å². The molecule has 2 aromatic carbocycles. The fraction of sp³-hybridized carbons (Fsp3) is 0.286. The second kappa shape index (κ2) is 14.5. The minimum Gasteiger partial charge on any atom is -0.339 e. The Morgan fingerprint density at radius 1 is 0.540 bits per heavy atom. The van der Waals surface area contributed by atoms with E-state index >= 15 is 0 Å². The summed E-state index contributed by atoms with van der Waals surface area (Å²) < 4.78 is 0. The summed E-state index contributed by atoms with van der Waals surface area (Å²) >= 11 is 0. The molecular weight excluding hydrogens is 646 g/mol. The molecule has 258 valence electrons. The standard InChI is InChI=1S/C35H35N7O8/c1-18(2)16-26(30(45)39-41-32(47)20-10-5-6-11-21(20)33(41)48)37-28(43)24-14-9-15-25(36-24)29(44)38-27(17-19(3)4)31(46)40-42-34(49)22-12-7-8-13-23(22)35(42)50/h5-15,18-19,26-27H,16-17H2,1-4H3,(H,37,43)(H,38,44)(H,39,45)(H,40,46)/t26-,27-/m1/s1. The monoisotopic (exact) mass is 681 g/mol. The summed E-state index contributed by atoms with van der Waals surface area (Å²) in [5.74, 6) is -6.26. The van der Waals surface area contributed by atoms with E-state index in [4.69, 9.17) is 0 Å². The largest absolute Gasteiger partial charge is 0.339 e. The van der Waals surface area contributed by atoms with Crippen molar-refractivity contribution in [3.8, 4) is 0 Å². The van der Waals surface area contributed by atoms with Crippen molar-refractivity contribution in [1.82, 2.24) is 36.5 Å². The predicted octanol–water partition coefficient (Wildman–Crippen LogP) is 2.03. The maximum atomic E-state index is 13.3. The van der Waals surface area contributed by atoms with Crippen LogP contribution in [0.1, 0.15) is 103 Å². The van der Waals surface area contributed by atoms with Crippen molar-refractivity contribution in [1.29, 1.82) is 0 Å². The molecule has 0 fully saturated rings. The molecule has 0 saturated carbocycles. The first kappa shape index (κ1) is 35.1. The molecule has 3 heterocycles. The summed E-state index contributed by atoms with van der Waals surface area (Å²) in [7, 11) is 0. The third-order valence-corrected chi connectivity index (χ3v) is 7.90. The highest BCUT2D eigenvalue weighted by Crippen LogP contribution is 2.22. The smallest absolute Gasteiger partial charge is 0.280 e. The van der Waals surface area contributed by atoms with Crippen LogP contribution in [0.15, 0.2) is 66.7 Å². The highest BCUT2D eigenvalue weighted by Gasteiger charge is 2.39. The fourth-order valence-electron chi connectivity index (χ4n) is 5.52. The molecule has 1 aromatic heterocycles. The molecular formula is C35H35N7O8. The van der Waals surface area contributed by atoms with Crippen molar-refractivity contribution in [3.63, 3.8) is 0 Å². The number of benzene rings is 2. The summed E-state index contributed by atoms with van der Waals surface area (Å²) in [6.07, 6.45) is 0.278. The van der Waals surface area contributed by atoms with Crippen molar-refractivity contribution in [3.05, 3.63) is 100 Å². The Balaban J connectivity index is 1.26. The number of pyridine rings is 1. The van der Waals surface area contributed by atoms with Gasteiger partial charge in [-0.05, 0) is 61.1 Å². The van der Waals surface area contributed by atoms with E-state index in [1.807, 2.05) is 27.7 Å². The van der Waals surface area contributed by atoms with Crippen molar-refractivity contribution < 1.29 is 38.4 Å². The van der Waals surface area contributed by atoms with Gasteiger partial charge in [0.1, 0.15) is 23.5 Å². The van der Waals surface area contributed by atoms with E-state index in [2.05, 4.69) is 26.5 Å². The average Bonchev–Trinajstić information content (AvgIpc) is 3.47. The van der Waals surface area contributed by atoms with Gasteiger partial charge in [0.2, 0.25) is 0 Å². The number of hydrogen-bond acceptors (Lipinski definition) is 9. The van der Waals surface area contributed by atoms with E-state index in [9.17, 15) is 38.4 Å². The number of nitrogens with one attached hydrogen (secondary N) is 4. The van der Waals surface area contributed by atoms with Gasteiger partial charge in [0.15, 0.2) is 0 Å². The zero-order chi connectivity index (χ0) is 36.3. The van der Waals surface area contributed by atoms with Crippen LogP contribution in [0.2, 0.25) is 0 Å². The number of rotatable bonds is 12. The number of nitrogens with zero attached hydrogens (tertiary/aromatic N) is 3. The Morgan fingerprint density at radius 2 is 0.860 bits per heavy atom. The minimum absolute atomic E-state index is 0.0948. The number of carbonyl (C=O) groups is 8. The van der Waals surface area contributed by atoms with Gasteiger partial charge in [0.05, 0.1) is 22.3 Å². The number of fused-ring (bicyclic) bond motifs is 2. The summed E-state index contributed by atoms with van der Waals surface area (Å²) in [4.78, 5) is 108. The fourth-order valence-corrected chi connectivity index (χ4v) is 5.52. The van der Waals surface area contributed by atoms with Crippen molar-refractivity contribution in [2.45, 2.75) is 52.6 Å². The number of aromatic nitrogens is 1. The Kier molecular flexibility index (Phi) is 10.2. The SMILES string of the molecule is CC(C)C[C@@H](NC(=O)c1cccc(C(=O)N[C@H](CC(C)C)C(=O)NN2C(=O)c3ccccc3C2=O)n1)C(=O)NN1C(=O)c2ccccc2C1=O. The molecule has 15 heteroatoms. The van der Waals surface area contributed by atoms with Crippen LogP contribution >= 0.6 is 0 Å². The second-order valence-corrected chi connectivity index (χ2v) is 12.7. The van der Waals surface area contributed by atoms with Crippen LogP contribution < -0.4 is 21.5 Å². The lowest BCUT2D eigenvalue weighted by Crippen LogP contribution is -2.54. The molecule has 4 N–H and O–H groups in total. The lowest BCUT2D eigenvalue weighted by atomic mass is 10.0. The molecule has 0 saturated heterocycles. The number of imide groups is 2. The van der Waals surface area contributed by atoms with E-state index in [-0.39, 0.29) is 58.3 Å². The van der Waals surface area contributed by atoms with Crippen molar-refractivity contribution >= 4 is 47.3 Å². The summed E-state index contributed by atoms with van der Waals surface area (Å²) in [6, 6.07) is 13.9. The van der Waals surface area contributed by atoms with Crippen LogP contribution in [-0.2, 0) is 9.59 Å². The van der Waals surface area contributed by atoms with Gasteiger partial charge in [-0.1, -0.05) is 58.0 Å². The first-order valence-corrected chi connectivity index (χ1v) is 15.9. The highest BCUT2D eigenvalue weighted by atomic mass is 16.2. The van der Waals surface area contributed by atoms with Gasteiger partial charge in [0.25, 0.3) is 47.3 Å². The molecule has 0 spiro atoms. The third kappa shape index (κ3) is 7.26. The summed E-state index contributed by atoms with van der Waals surface area (Å²) in [5.41, 5.74) is 4.72. The van der Waals surface area contributed by atoms with E-state index in [1.54, 1.807) is 24.3 Å². The molecule has 2 aliphatic heterocycles. The molecule has 15 nitrogen and oxygen atoms in total. The van der Waals surface area contributed by atoms with Crippen LogP contribution in [0.25, 0.3) is 0 Å². The van der Waals surface area contributed by atoms with Gasteiger partial charge in [-0.25, -0.2) is 4.98 Å². The minimum atomic E-state index is -1.19. The van der Waals surface area contributed by atoms with Gasteiger partial charge in [-0.3, -0.25) is 49.2 Å². The number of carbonyl (C=O) groups excluding carboxylic acids is 8. The molecule has 2 aliphatic rings. The van der Waals surface area contributed by atoms with Gasteiger partial charge in [0, 0.05) is 0 Å². The summed E-state index contributed by atoms with van der Waals surface area (Å²) in [5, 5.41) is 6.35. The maximum absolute atomic E-state index is 13.3. The molecule has 8 amide bonds. The number of hydrazine groups is 2. The Labute approximate surface area is 286 Å². The molecule has 0 radical (unpaired) electrons. The van der Waals surface area contributed by atoms with E-state index < -0.39 is 59.3 Å². The average molecular weight is 682 g/mol. The van der Waals surface area contributed by atoms with Crippen LogP contribution in [-0.4, -0.2) is 74.3 Å². The normalized spacial score (nSPS) is 14.8. The Morgan fingerprint density at radius 3 is 1.16 bits per heavy atom. The molecule has 0 bridgehead atoms. The number of amides is 8.